The Morgan fingerprint density at radius 2 is 1.89 bits per heavy atom. The van der Waals surface area contributed by atoms with E-state index in [0.29, 0.717) is 10.5 Å². The van der Waals surface area contributed by atoms with Crippen molar-refractivity contribution in [3.63, 3.8) is 0 Å². The molecule has 0 amide bonds. The van der Waals surface area contributed by atoms with Gasteiger partial charge in [-0.2, -0.15) is 0 Å². The van der Waals surface area contributed by atoms with Crippen molar-refractivity contribution in [3.8, 4) is 0 Å². The predicted molar refractivity (Wildman–Crippen MR) is 34.8 cm³/mol. The van der Waals surface area contributed by atoms with E-state index in [4.69, 9.17) is 16.7 Å². The van der Waals surface area contributed by atoms with E-state index in [1.807, 2.05) is 14.1 Å². The van der Waals surface area contributed by atoms with Crippen LogP contribution < -0.4 is 12.4 Å². The zero-order valence-corrected chi connectivity index (χ0v) is 7.28. The lowest BCUT2D eigenvalue weighted by atomic mass is 10.5. The molecule has 0 aliphatic carbocycles. The molecule has 0 aliphatic rings. The summed E-state index contributed by atoms with van der Waals surface area (Å²) in [5, 5.41) is 8.46. The van der Waals surface area contributed by atoms with E-state index in [1.54, 1.807) is 0 Å². The maximum atomic E-state index is 8.46. The van der Waals surface area contributed by atoms with Gasteiger partial charge in [-0.3, -0.25) is 0 Å². The Kier molecular flexibility index (Phi) is 7.18. The molecule has 0 aromatic rings. The van der Waals surface area contributed by atoms with Crippen LogP contribution in [-0.4, -0.2) is 42.8 Å². The smallest absolute Gasteiger partial charge is 0.154 e. The van der Waals surface area contributed by atoms with Crippen LogP contribution in [-0.2, 0) is 0 Å². The Morgan fingerprint density at radius 1 is 1.44 bits per heavy atom. The van der Waals surface area contributed by atoms with Crippen LogP contribution in [0.4, 0.5) is 0 Å². The SMILES string of the molecule is C[N+](C)(CCl)CCO.[Cl-]. The third kappa shape index (κ3) is 6.38. The van der Waals surface area contributed by atoms with Gasteiger partial charge in [0.15, 0.2) is 6.00 Å². The number of hydrogen-bond acceptors (Lipinski definition) is 1. The summed E-state index contributed by atoms with van der Waals surface area (Å²) in [6.07, 6.45) is 0. The fourth-order valence-corrected chi connectivity index (χ4v) is 0.450. The number of hydrogen-bond donors (Lipinski definition) is 1. The summed E-state index contributed by atoms with van der Waals surface area (Å²) < 4.78 is 0.679. The van der Waals surface area contributed by atoms with Gasteiger partial charge < -0.3 is 22.0 Å². The van der Waals surface area contributed by atoms with E-state index in [-0.39, 0.29) is 19.0 Å². The standard InChI is InChI=1S/C5H13ClNO.ClH/c1-7(2,5-6)3-4-8;/h8H,3-5H2,1-2H3;1H/q+1;/p-1. The molecule has 0 rings (SSSR count). The van der Waals surface area contributed by atoms with E-state index in [0.717, 1.165) is 6.54 Å². The van der Waals surface area contributed by atoms with Crippen molar-refractivity contribution in [2.24, 2.45) is 0 Å². The Morgan fingerprint density at radius 3 is 2.00 bits per heavy atom. The van der Waals surface area contributed by atoms with Crippen molar-refractivity contribution in [2.45, 2.75) is 0 Å². The lowest BCUT2D eigenvalue weighted by molar-refractivity contribution is -0.879. The van der Waals surface area contributed by atoms with Crippen LogP contribution in [0.2, 0.25) is 0 Å². The predicted octanol–water partition coefficient (Wildman–Crippen LogP) is -2.74. The lowest BCUT2D eigenvalue weighted by Crippen LogP contribution is -3.00. The number of quaternary nitrogens is 1. The van der Waals surface area contributed by atoms with Crippen molar-refractivity contribution in [1.82, 2.24) is 0 Å². The summed E-state index contributed by atoms with van der Waals surface area (Å²) >= 11 is 5.53. The molecule has 2 nitrogen and oxygen atoms in total. The average molecular weight is 174 g/mol. The van der Waals surface area contributed by atoms with E-state index in [9.17, 15) is 0 Å². The number of aliphatic hydroxyl groups is 1. The maximum absolute atomic E-state index is 8.46. The molecular formula is C5H13Cl2NO. The minimum absolute atomic E-state index is 0. The van der Waals surface area contributed by atoms with Gasteiger partial charge >= 0.3 is 0 Å². The number of halogens is 2. The summed E-state index contributed by atoms with van der Waals surface area (Å²) in [7, 11) is 3.95. The first-order chi connectivity index (χ1) is 3.62. The van der Waals surface area contributed by atoms with Crippen molar-refractivity contribution in [2.75, 3.05) is 33.3 Å². The summed E-state index contributed by atoms with van der Waals surface area (Å²) in [6.45, 7) is 0.934. The molecule has 1 N–H and O–H groups in total. The molecule has 0 heterocycles. The molecular weight excluding hydrogens is 161 g/mol. The third-order valence-corrected chi connectivity index (χ3v) is 1.68. The Bertz CT molecular complexity index is 68.0. The van der Waals surface area contributed by atoms with E-state index >= 15 is 0 Å². The highest BCUT2D eigenvalue weighted by atomic mass is 35.5. The molecule has 0 bridgehead atoms. The molecule has 0 unspecified atom stereocenters. The van der Waals surface area contributed by atoms with Gasteiger partial charge in [0.1, 0.15) is 6.54 Å². The Hall–Kier alpha value is 0.500. The van der Waals surface area contributed by atoms with Gasteiger partial charge in [-0.15, -0.1) is 0 Å². The van der Waals surface area contributed by atoms with E-state index in [2.05, 4.69) is 0 Å². The van der Waals surface area contributed by atoms with Crippen LogP contribution in [0.3, 0.4) is 0 Å². The van der Waals surface area contributed by atoms with Crippen molar-refractivity contribution in [1.29, 1.82) is 0 Å². The quantitative estimate of drug-likeness (QED) is 0.279. The average Bonchev–Trinajstić information content (AvgIpc) is 1.67. The summed E-state index contributed by atoms with van der Waals surface area (Å²) in [6, 6.07) is 0.556. The van der Waals surface area contributed by atoms with Gasteiger partial charge in [0.2, 0.25) is 0 Å². The Balaban J connectivity index is 0. The summed E-state index contributed by atoms with van der Waals surface area (Å²) in [4.78, 5) is 0. The highest BCUT2D eigenvalue weighted by Gasteiger charge is 2.09. The molecule has 0 saturated carbocycles. The topological polar surface area (TPSA) is 20.2 Å². The second-order valence-corrected chi connectivity index (χ2v) is 2.74. The summed E-state index contributed by atoms with van der Waals surface area (Å²) in [5.74, 6) is 0. The first-order valence-corrected chi connectivity index (χ1v) is 3.14. The molecule has 0 radical (unpaired) electrons. The highest BCUT2D eigenvalue weighted by Crippen LogP contribution is 1.96. The van der Waals surface area contributed by atoms with Crippen molar-refractivity contribution in [3.05, 3.63) is 0 Å². The van der Waals surface area contributed by atoms with Gasteiger partial charge in [0.05, 0.1) is 20.7 Å². The largest absolute Gasteiger partial charge is 1.00 e. The van der Waals surface area contributed by atoms with Crippen LogP contribution >= 0.6 is 11.6 Å². The van der Waals surface area contributed by atoms with Gasteiger partial charge in [-0.05, 0) is 0 Å². The zero-order chi connectivity index (χ0) is 6.62. The number of rotatable bonds is 3. The first-order valence-electron chi connectivity index (χ1n) is 2.61. The summed E-state index contributed by atoms with van der Waals surface area (Å²) in [5.41, 5.74) is 0. The fourth-order valence-electron chi connectivity index (χ4n) is 0.330. The van der Waals surface area contributed by atoms with E-state index < -0.39 is 0 Å². The molecule has 0 aromatic heterocycles. The normalized spacial score (nSPS) is 10.7. The van der Waals surface area contributed by atoms with Crippen LogP contribution in [0.1, 0.15) is 0 Å². The fraction of sp³-hybridized carbons (Fsp3) is 1.00. The van der Waals surface area contributed by atoms with Crippen molar-refractivity contribution >= 4 is 11.6 Å². The number of aliphatic hydroxyl groups excluding tert-OH is 1. The van der Waals surface area contributed by atoms with E-state index in [1.165, 1.54) is 0 Å². The first kappa shape index (κ1) is 12.2. The molecule has 0 spiro atoms. The molecule has 4 heteroatoms. The third-order valence-electron chi connectivity index (χ3n) is 1.03. The van der Waals surface area contributed by atoms with Gasteiger partial charge in [0.25, 0.3) is 0 Å². The molecule has 0 aromatic carbocycles. The zero-order valence-electron chi connectivity index (χ0n) is 5.77. The molecule has 0 fully saturated rings. The Labute approximate surface area is 67.4 Å². The molecule has 0 aliphatic heterocycles. The minimum Gasteiger partial charge on any atom is -1.00 e. The second kappa shape index (κ2) is 5.30. The second-order valence-electron chi connectivity index (χ2n) is 2.50. The van der Waals surface area contributed by atoms with Crippen LogP contribution in [0.5, 0.6) is 0 Å². The molecule has 0 saturated heterocycles. The maximum Gasteiger partial charge on any atom is 0.154 e. The number of alkyl halides is 1. The van der Waals surface area contributed by atoms with Crippen LogP contribution in [0, 0.1) is 0 Å². The lowest BCUT2D eigenvalue weighted by Gasteiger charge is -2.25. The van der Waals surface area contributed by atoms with Crippen LogP contribution in [0.15, 0.2) is 0 Å². The van der Waals surface area contributed by atoms with Crippen molar-refractivity contribution < 1.29 is 22.0 Å². The van der Waals surface area contributed by atoms with Crippen LogP contribution in [0.25, 0.3) is 0 Å². The molecule has 0 atom stereocenters. The molecule has 9 heavy (non-hydrogen) atoms. The van der Waals surface area contributed by atoms with Gasteiger partial charge in [-0.25, -0.2) is 0 Å². The monoisotopic (exact) mass is 173 g/mol. The molecule has 58 valence electrons. The number of nitrogens with zero attached hydrogens (tertiary/aromatic N) is 1. The van der Waals surface area contributed by atoms with Gasteiger partial charge in [-0.1, -0.05) is 11.6 Å². The van der Waals surface area contributed by atoms with Gasteiger partial charge in [0, 0.05) is 0 Å². The number of likely N-dealkylation sites (N-methyl/N-ethyl adjacent to an activating group) is 1. The minimum atomic E-state index is 0. The highest BCUT2D eigenvalue weighted by molar-refractivity contribution is 6.16.